The molecule has 4 rings (SSSR count). The van der Waals surface area contributed by atoms with Crippen LogP contribution in [-0.2, 0) is 6.54 Å². The van der Waals surface area contributed by atoms with Gasteiger partial charge in [-0.25, -0.2) is 14.4 Å². The Balaban J connectivity index is 1.45. The number of aromatic nitrogens is 3. The van der Waals surface area contributed by atoms with Gasteiger partial charge in [-0.2, -0.15) is 0 Å². The molecule has 0 unspecified atom stereocenters. The van der Waals surface area contributed by atoms with Crippen LogP contribution in [0.15, 0.2) is 54.9 Å². The number of benzene rings is 2. The Morgan fingerprint density at radius 1 is 1.03 bits per heavy atom. The van der Waals surface area contributed by atoms with E-state index in [9.17, 15) is 4.39 Å². The van der Waals surface area contributed by atoms with E-state index in [1.807, 2.05) is 6.07 Å². The summed E-state index contributed by atoms with van der Waals surface area (Å²) in [7, 11) is 0. The van der Waals surface area contributed by atoms with Crippen molar-refractivity contribution in [3.8, 4) is 11.3 Å². The fourth-order valence-electron chi connectivity index (χ4n) is 3.72. The van der Waals surface area contributed by atoms with Crippen LogP contribution in [0.3, 0.4) is 0 Å². The molecule has 4 aromatic rings. The first kappa shape index (κ1) is 23.2. The zero-order chi connectivity index (χ0) is 23.2. The monoisotopic (exact) mass is 466 g/mol. The minimum Gasteiger partial charge on any atom is -0.340 e. The predicted molar refractivity (Wildman–Crippen MR) is 134 cm³/mol. The summed E-state index contributed by atoms with van der Waals surface area (Å²) in [6.07, 6.45) is 1.49. The number of nitrogens with zero attached hydrogens (tertiary/aromatic N) is 3. The summed E-state index contributed by atoms with van der Waals surface area (Å²) in [6.45, 7) is 9.41. The topological polar surface area (TPSA) is 68.9 Å². The summed E-state index contributed by atoms with van der Waals surface area (Å²) in [5.74, 6) is 0.167. The zero-order valence-electron chi connectivity index (χ0n) is 18.8. The second kappa shape index (κ2) is 10.7. The van der Waals surface area contributed by atoms with Gasteiger partial charge in [-0.1, -0.05) is 49.7 Å². The van der Waals surface area contributed by atoms with Gasteiger partial charge < -0.3 is 20.5 Å². The summed E-state index contributed by atoms with van der Waals surface area (Å²) in [4.78, 5) is 14.5. The van der Waals surface area contributed by atoms with E-state index >= 15 is 0 Å². The van der Waals surface area contributed by atoms with E-state index in [0.29, 0.717) is 11.5 Å². The molecule has 0 spiro atoms. The van der Waals surface area contributed by atoms with Crippen molar-refractivity contribution in [3.63, 3.8) is 0 Å². The molecule has 0 aliphatic carbocycles. The molecule has 0 saturated heterocycles. The van der Waals surface area contributed by atoms with Crippen LogP contribution in [0, 0.1) is 5.82 Å². The highest BCUT2D eigenvalue weighted by Gasteiger charge is 2.11. The SMILES string of the molecule is CCN(CC)CCNCc1ccc(-c2cc3c(Nc4ccc(F)c(Cl)c4)ncnc3[nH]2)cc1. The van der Waals surface area contributed by atoms with E-state index in [1.165, 1.54) is 24.0 Å². The molecule has 33 heavy (non-hydrogen) atoms. The molecule has 0 fully saturated rings. The molecule has 0 amide bonds. The smallest absolute Gasteiger partial charge is 0.143 e. The first-order valence-corrected chi connectivity index (χ1v) is 11.5. The lowest BCUT2D eigenvalue weighted by Crippen LogP contribution is -2.31. The highest BCUT2D eigenvalue weighted by atomic mass is 35.5. The molecule has 0 radical (unpaired) electrons. The van der Waals surface area contributed by atoms with Crippen LogP contribution in [0.2, 0.25) is 5.02 Å². The van der Waals surface area contributed by atoms with E-state index in [4.69, 9.17) is 11.6 Å². The Kier molecular flexibility index (Phi) is 7.54. The molecule has 0 aliphatic rings. The van der Waals surface area contributed by atoms with E-state index in [2.05, 4.69) is 68.6 Å². The van der Waals surface area contributed by atoms with Gasteiger partial charge in [0.2, 0.25) is 0 Å². The maximum absolute atomic E-state index is 13.5. The molecule has 0 bridgehead atoms. The summed E-state index contributed by atoms with van der Waals surface area (Å²) in [5, 5.41) is 7.61. The third-order valence-corrected chi connectivity index (χ3v) is 5.99. The van der Waals surface area contributed by atoms with Crippen molar-refractivity contribution >= 4 is 34.1 Å². The molecule has 8 heteroatoms. The number of nitrogens with one attached hydrogen (secondary N) is 3. The molecule has 3 N–H and O–H groups in total. The molecule has 0 saturated carbocycles. The first-order chi connectivity index (χ1) is 16.1. The van der Waals surface area contributed by atoms with Crippen LogP contribution in [0.4, 0.5) is 15.9 Å². The number of likely N-dealkylation sites (N-methyl/N-ethyl adjacent to an activating group) is 1. The first-order valence-electron chi connectivity index (χ1n) is 11.2. The summed E-state index contributed by atoms with van der Waals surface area (Å²) < 4.78 is 13.5. The number of rotatable bonds is 10. The summed E-state index contributed by atoms with van der Waals surface area (Å²) in [6, 6.07) is 15.0. The lowest BCUT2D eigenvalue weighted by atomic mass is 10.1. The molecule has 0 atom stereocenters. The van der Waals surface area contributed by atoms with Crippen molar-refractivity contribution in [2.24, 2.45) is 0 Å². The Labute approximate surface area is 198 Å². The number of hydrogen-bond donors (Lipinski definition) is 3. The second-order valence-electron chi connectivity index (χ2n) is 7.82. The van der Waals surface area contributed by atoms with Crippen molar-refractivity contribution < 1.29 is 4.39 Å². The molecule has 6 nitrogen and oxygen atoms in total. The number of halogens is 2. The lowest BCUT2D eigenvalue weighted by molar-refractivity contribution is 0.302. The Morgan fingerprint density at radius 2 is 1.82 bits per heavy atom. The van der Waals surface area contributed by atoms with E-state index < -0.39 is 5.82 Å². The van der Waals surface area contributed by atoms with Crippen molar-refractivity contribution in [2.75, 3.05) is 31.5 Å². The van der Waals surface area contributed by atoms with Gasteiger partial charge >= 0.3 is 0 Å². The average Bonchev–Trinajstić information content (AvgIpc) is 3.27. The minimum atomic E-state index is -0.457. The molecular formula is C25H28ClFN6. The van der Waals surface area contributed by atoms with Crippen molar-refractivity contribution in [1.82, 2.24) is 25.2 Å². The fourth-order valence-corrected chi connectivity index (χ4v) is 3.90. The largest absolute Gasteiger partial charge is 0.340 e. The standard InChI is InChI=1S/C25H28ClFN6/c1-3-33(4-2)12-11-28-15-17-5-7-18(8-6-17)23-14-20-24(29-16-30-25(20)32-23)31-19-9-10-22(27)21(26)13-19/h5-10,13-14,16,28H,3-4,11-12,15H2,1-2H3,(H2,29,30,31,32). The molecule has 0 aliphatic heterocycles. The van der Waals surface area contributed by atoms with Crippen LogP contribution >= 0.6 is 11.6 Å². The van der Waals surface area contributed by atoms with Crippen molar-refractivity contribution in [1.29, 1.82) is 0 Å². The Bertz CT molecular complexity index is 1200. The zero-order valence-corrected chi connectivity index (χ0v) is 19.6. The van der Waals surface area contributed by atoms with Crippen LogP contribution in [0.25, 0.3) is 22.3 Å². The number of anilines is 2. The average molecular weight is 467 g/mol. The highest BCUT2D eigenvalue weighted by Crippen LogP contribution is 2.29. The van der Waals surface area contributed by atoms with Gasteiger partial charge in [-0.05, 0) is 48.5 Å². The van der Waals surface area contributed by atoms with Gasteiger partial charge in [0.15, 0.2) is 0 Å². The number of hydrogen-bond acceptors (Lipinski definition) is 5. The molecule has 2 aromatic carbocycles. The highest BCUT2D eigenvalue weighted by molar-refractivity contribution is 6.31. The van der Waals surface area contributed by atoms with Gasteiger partial charge in [-0.15, -0.1) is 0 Å². The van der Waals surface area contributed by atoms with E-state index in [-0.39, 0.29) is 5.02 Å². The third kappa shape index (κ3) is 5.68. The Hall–Kier alpha value is -3.00. The Morgan fingerprint density at radius 3 is 2.55 bits per heavy atom. The van der Waals surface area contributed by atoms with Crippen molar-refractivity contribution in [2.45, 2.75) is 20.4 Å². The molecular weight excluding hydrogens is 439 g/mol. The molecule has 2 aromatic heterocycles. The summed E-state index contributed by atoms with van der Waals surface area (Å²) in [5.41, 5.74) is 4.63. The van der Waals surface area contributed by atoms with Crippen molar-refractivity contribution in [3.05, 3.63) is 71.3 Å². The van der Waals surface area contributed by atoms with Gasteiger partial charge in [0, 0.05) is 31.0 Å². The van der Waals surface area contributed by atoms with Gasteiger partial charge in [0.05, 0.1) is 10.4 Å². The van der Waals surface area contributed by atoms with E-state index in [1.54, 1.807) is 6.07 Å². The van der Waals surface area contributed by atoms with Gasteiger partial charge in [0.25, 0.3) is 0 Å². The van der Waals surface area contributed by atoms with Gasteiger partial charge in [0.1, 0.15) is 23.6 Å². The number of fused-ring (bicyclic) bond motifs is 1. The fraction of sp³-hybridized carbons (Fsp3) is 0.280. The minimum absolute atomic E-state index is 0.0580. The predicted octanol–water partition coefficient (Wildman–Crippen LogP) is 5.59. The lowest BCUT2D eigenvalue weighted by Gasteiger charge is -2.18. The second-order valence-corrected chi connectivity index (χ2v) is 8.23. The van der Waals surface area contributed by atoms with Crippen LogP contribution in [0.5, 0.6) is 0 Å². The number of H-pyrrole nitrogens is 1. The van der Waals surface area contributed by atoms with Crippen LogP contribution < -0.4 is 10.6 Å². The molecule has 172 valence electrons. The molecule has 2 heterocycles. The summed E-state index contributed by atoms with van der Waals surface area (Å²) >= 11 is 5.90. The van der Waals surface area contributed by atoms with Gasteiger partial charge in [-0.3, -0.25) is 0 Å². The van der Waals surface area contributed by atoms with Crippen LogP contribution in [0.1, 0.15) is 19.4 Å². The maximum atomic E-state index is 13.5. The normalized spacial score (nSPS) is 11.4. The van der Waals surface area contributed by atoms with Crippen LogP contribution in [-0.4, -0.2) is 46.0 Å². The van der Waals surface area contributed by atoms with E-state index in [0.717, 1.165) is 55.0 Å². The quantitative estimate of drug-likeness (QED) is 0.266. The third-order valence-electron chi connectivity index (χ3n) is 5.70. The number of aromatic amines is 1. The maximum Gasteiger partial charge on any atom is 0.143 e.